The Labute approximate surface area is 84.4 Å². The lowest BCUT2D eigenvalue weighted by atomic mass is 10.2. The third kappa shape index (κ3) is 3.46. The normalized spacial score (nSPS) is 13.5. The van der Waals surface area contributed by atoms with Gasteiger partial charge >= 0.3 is 0 Å². The molecule has 2 N–H and O–H groups in total. The van der Waals surface area contributed by atoms with Gasteiger partial charge in [0, 0.05) is 11.4 Å². The smallest absolute Gasteiger partial charge is 0.0518 e. The minimum absolute atomic E-state index is 0.177. The van der Waals surface area contributed by atoms with Gasteiger partial charge in [-0.15, -0.1) is 11.3 Å². The second kappa shape index (κ2) is 5.37. The molecule has 3 heteroatoms. The van der Waals surface area contributed by atoms with E-state index in [-0.39, 0.29) is 6.04 Å². The zero-order valence-electron chi connectivity index (χ0n) is 8.36. The number of nitrogens with two attached hydrogens (primary N) is 1. The van der Waals surface area contributed by atoms with Crippen LogP contribution in [0.5, 0.6) is 0 Å². The summed E-state index contributed by atoms with van der Waals surface area (Å²) < 4.78 is 0. The summed E-state index contributed by atoms with van der Waals surface area (Å²) in [5.41, 5.74) is 6.04. The maximum Gasteiger partial charge on any atom is 0.0518 e. The molecule has 0 aliphatic rings. The topological polar surface area (TPSA) is 29.3 Å². The van der Waals surface area contributed by atoms with E-state index in [1.807, 2.05) is 0 Å². The number of hydrogen-bond acceptors (Lipinski definition) is 3. The molecular formula is C10H18N2S. The second-order valence-electron chi connectivity index (χ2n) is 3.38. The van der Waals surface area contributed by atoms with Crippen LogP contribution >= 0.6 is 11.3 Å². The van der Waals surface area contributed by atoms with Crippen LogP contribution < -0.4 is 5.73 Å². The molecule has 1 heterocycles. The molecule has 0 saturated carbocycles. The molecule has 1 aromatic rings. The predicted molar refractivity (Wildman–Crippen MR) is 59.0 cm³/mol. The first kappa shape index (κ1) is 10.7. The molecule has 0 saturated heterocycles. The van der Waals surface area contributed by atoms with E-state index in [4.69, 9.17) is 5.73 Å². The Morgan fingerprint density at radius 2 is 2.38 bits per heavy atom. The quantitative estimate of drug-likeness (QED) is 0.785. The number of nitrogens with zero attached hydrogens (tertiary/aromatic N) is 1. The first-order valence-corrected chi connectivity index (χ1v) is 5.59. The lowest BCUT2D eigenvalue weighted by Crippen LogP contribution is -2.29. The number of rotatable bonds is 5. The molecule has 0 radical (unpaired) electrons. The van der Waals surface area contributed by atoms with Crippen molar-refractivity contribution in [3.8, 4) is 0 Å². The van der Waals surface area contributed by atoms with Crippen molar-refractivity contribution < 1.29 is 0 Å². The van der Waals surface area contributed by atoms with Crippen LogP contribution in [0.4, 0.5) is 0 Å². The minimum Gasteiger partial charge on any atom is -0.322 e. The fraction of sp³-hybridized carbons (Fsp3) is 0.600. The fourth-order valence-electron chi connectivity index (χ4n) is 1.40. The zero-order valence-corrected chi connectivity index (χ0v) is 9.18. The Kier molecular flexibility index (Phi) is 4.42. The third-order valence-electron chi connectivity index (χ3n) is 2.02. The lowest BCUT2D eigenvalue weighted by molar-refractivity contribution is 0.314. The van der Waals surface area contributed by atoms with Crippen molar-refractivity contribution in [2.75, 3.05) is 20.1 Å². The highest BCUT2D eigenvalue weighted by Gasteiger charge is 2.08. The molecule has 1 unspecified atom stereocenters. The van der Waals surface area contributed by atoms with Gasteiger partial charge < -0.3 is 10.6 Å². The number of hydrogen-bond donors (Lipinski definition) is 1. The van der Waals surface area contributed by atoms with Gasteiger partial charge in [-0.25, -0.2) is 0 Å². The van der Waals surface area contributed by atoms with E-state index in [0.29, 0.717) is 0 Å². The molecule has 1 aromatic heterocycles. The van der Waals surface area contributed by atoms with Gasteiger partial charge in [0.1, 0.15) is 0 Å². The first-order valence-electron chi connectivity index (χ1n) is 4.71. The van der Waals surface area contributed by atoms with Gasteiger partial charge in [0.2, 0.25) is 0 Å². The molecule has 0 spiro atoms. The van der Waals surface area contributed by atoms with Crippen LogP contribution in [0.15, 0.2) is 17.5 Å². The summed E-state index contributed by atoms with van der Waals surface area (Å²) in [6.45, 7) is 4.26. The van der Waals surface area contributed by atoms with Gasteiger partial charge in [0.15, 0.2) is 0 Å². The van der Waals surface area contributed by atoms with E-state index in [1.165, 1.54) is 11.3 Å². The van der Waals surface area contributed by atoms with Gasteiger partial charge in [-0.05, 0) is 31.5 Å². The maximum absolute atomic E-state index is 6.04. The zero-order chi connectivity index (χ0) is 9.68. The van der Waals surface area contributed by atoms with E-state index in [0.717, 1.165) is 13.1 Å². The Bertz CT molecular complexity index is 221. The molecule has 0 aliphatic carbocycles. The standard InChI is InChI=1S/C10H18N2S/c1-3-6-12(2)8-9(11)10-5-4-7-13-10/h4-5,7,9H,3,6,8,11H2,1-2H3. The maximum atomic E-state index is 6.04. The third-order valence-corrected chi connectivity index (χ3v) is 3.03. The van der Waals surface area contributed by atoms with Crippen molar-refractivity contribution in [2.24, 2.45) is 5.73 Å². The Morgan fingerprint density at radius 3 is 2.92 bits per heavy atom. The molecule has 13 heavy (non-hydrogen) atoms. The highest BCUT2D eigenvalue weighted by molar-refractivity contribution is 7.10. The highest BCUT2D eigenvalue weighted by atomic mass is 32.1. The van der Waals surface area contributed by atoms with E-state index >= 15 is 0 Å². The van der Waals surface area contributed by atoms with Gasteiger partial charge in [0.25, 0.3) is 0 Å². The Morgan fingerprint density at radius 1 is 1.62 bits per heavy atom. The van der Waals surface area contributed by atoms with Crippen LogP contribution in [-0.4, -0.2) is 25.0 Å². The molecule has 0 aliphatic heterocycles. The van der Waals surface area contributed by atoms with Crippen molar-refractivity contribution >= 4 is 11.3 Å². The monoisotopic (exact) mass is 198 g/mol. The number of thiophene rings is 1. The molecule has 2 nitrogen and oxygen atoms in total. The van der Waals surface area contributed by atoms with Gasteiger partial charge in [-0.1, -0.05) is 13.0 Å². The molecule has 74 valence electrons. The summed E-state index contributed by atoms with van der Waals surface area (Å²) in [7, 11) is 2.12. The molecule has 0 aromatic carbocycles. The van der Waals surface area contributed by atoms with Crippen LogP contribution in [0.1, 0.15) is 24.3 Å². The van der Waals surface area contributed by atoms with E-state index in [1.54, 1.807) is 11.3 Å². The predicted octanol–water partition coefficient (Wildman–Crippen LogP) is 2.09. The Balaban J connectivity index is 2.37. The summed E-state index contributed by atoms with van der Waals surface area (Å²) in [6, 6.07) is 4.34. The fourth-order valence-corrected chi connectivity index (χ4v) is 2.12. The van der Waals surface area contributed by atoms with E-state index in [9.17, 15) is 0 Å². The Hall–Kier alpha value is -0.380. The second-order valence-corrected chi connectivity index (χ2v) is 4.36. The average Bonchev–Trinajstić information content (AvgIpc) is 2.55. The van der Waals surface area contributed by atoms with Crippen molar-refractivity contribution in [3.63, 3.8) is 0 Å². The van der Waals surface area contributed by atoms with Crippen LogP contribution in [0.3, 0.4) is 0 Å². The van der Waals surface area contributed by atoms with Crippen molar-refractivity contribution in [2.45, 2.75) is 19.4 Å². The minimum atomic E-state index is 0.177. The lowest BCUT2D eigenvalue weighted by Gasteiger charge is -2.19. The van der Waals surface area contributed by atoms with Crippen LogP contribution in [0.25, 0.3) is 0 Å². The summed E-state index contributed by atoms with van der Waals surface area (Å²) in [5.74, 6) is 0. The van der Waals surface area contributed by atoms with Crippen LogP contribution in [-0.2, 0) is 0 Å². The van der Waals surface area contributed by atoms with Gasteiger partial charge in [0.05, 0.1) is 6.04 Å². The molecule has 1 atom stereocenters. The summed E-state index contributed by atoms with van der Waals surface area (Å²) >= 11 is 1.74. The van der Waals surface area contributed by atoms with Crippen molar-refractivity contribution in [1.29, 1.82) is 0 Å². The van der Waals surface area contributed by atoms with Crippen LogP contribution in [0, 0.1) is 0 Å². The van der Waals surface area contributed by atoms with Crippen molar-refractivity contribution in [1.82, 2.24) is 4.90 Å². The van der Waals surface area contributed by atoms with Gasteiger partial charge in [-0.2, -0.15) is 0 Å². The summed E-state index contributed by atoms with van der Waals surface area (Å²) in [4.78, 5) is 3.56. The average molecular weight is 198 g/mol. The number of likely N-dealkylation sites (N-methyl/N-ethyl adjacent to an activating group) is 1. The molecular weight excluding hydrogens is 180 g/mol. The molecule has 0 amide bonds. The van der Waals surface area contributed by atoms with Crippen LogP contribution in [0.2, 0.25) is 0 Å². The molecule has 0 fully saturated rings. The molecule has 1 rings (SSSR count). The summed E-state index contributed by atoms with van der Waals surface area (Å²) in [5, 5.41) is 2.08. The molecule has 0 bridgehead atoms. The largest absolute Gasteiger partial charge is 0.322 e. The van der Waals surface area contributed by atoms with Gasteiger partial charge in [-0.3, -0.25) is 0 Å². The van der Waals surface area contributed by atoms with E-state index in [2.05, 4.69) is 36.4 Å². The first-order chi connectivity index (χ1) is 6.24. The van der Waals surface area contributed by atoms with Crippen molar-refractivity contribution in [3.05, 3.63) is 22.4 Å². The highest BCUT2D eigenvalue weighted by Crippen LogP contribution is 2.17. The van der Waals surface area contributed by atoms with E-state index < -0.39 is 0 Å². The SMILES string of the molecule is CCCN(C)CC(N)c1cccs1. The summed E-state index contributed by atoms with van der Waals surface area (Å²) in [6.07, 6.45) is 1.19.